The molecule has 21 heavy (non-hydrogen) atoms. The molecule has 0 aliphatic heterocycles. The SMILES string of the molecule is CC(C)CCOc1ccc(CN(CC(=O)O)C(C)C)cc1. The van der Waals surface area contributed by atoms with Crippen LogP contribution >= 0.6 is 0 Å². The van der Waals surface area contributed by atoms with Crippen molar-refractivity contribution >= 4 is 5.97 Å². The topological polar surface area (TPSA) is 49.8 Å². The van der Waals surface area contributed by atoms with Crippen molar-refractivity contribution in [1.29, 1.82) is 0 Å². The first-order valence-electron chi connectivity index (χ1n) is 7.56. The molecule has 118 valence electrons. The summed E-state index contributed by atoms with van der Waals surface area (Å²) in [5.41, 5.74) is 1.10. The van der Waals surface area contributed by atoms with E-state index in [0.717, 1.165) is 24.3 Å². The summed E-state index contributed by atoms with van der Waals surface area (Å²) < 4.78 is 5.68. The van der Waals surface area contributed by atoms with Crippen LogP contribution in [-0.2, 0) is 11.3 Å². The van der Waals surface area contributed by atoms with Crippen LogP contribution in [0.5, 0.6) is 5.75 Å². The number of nitrogens with zero attached hydrogens (tertiary/aromatic N) is 1. The maximum atomic E-state index is 10.9. The van der Waals surface area contributed by atoms with Gasteiger partial charge in [0.25, 0.3) is 0 Å². The molecule has 4 nitrogen and oxygen atoms in total. The molecule has 0 spiro atoms. The summed E-state index contributed by atoms with van der Waals surface area (Å²) in [4.78, 5) is 12.8. The number of carboxylic acid groups (broad SMARTS) is 1. The molecular formula is C17H27NO3. The van der Waals surface area contributed by atoms with Gasteiger partial charge in [0, 0.05) is 12.6 Å². The molecule has 1 aromatic rings. The van der Waals surface area contributed by atoms with E-state index in [1.807, 2.05) is 43.0 Å². The maximum Gasteiger partial charge on any atom is 0.317 e. The fourth-order valence-corrected chi connectivity index (χ4v) is 1.93. The molecule has 0 aliphatic rings. The minimum absolute atomic E-state index is 0.0598. The Morgan fingerprint density at radius 2 is 1.81 bits per heavy atom. The minimum Gasteiger partial charge on any atom is -0.494 e. The quantitative estimate of drug-likeness (QED) is 0.758. The predicted molar refractivity (Wildman–Crippen MR) is 84.6 cm³/mol. The Kier molecular flexibility index (Phi) is 7.23. The van der Waals surface area contributed by atoms with E-state index in [0.29, 0.717) is 12.5 Å². The van der Waals surface area contributed by atoms with Gasteiger partial charge in [-0.2, -0.15) is 0 Å². The van der Waals surface area contributed by atoms with Crippen LogP contribution in [0.25, 0.3) is 0 Å². The number of carboxylic acids is 1. The van der Waals surface area contributed by atoms with Crippen molar-refractivity contribution in [2.24, 2.45) is 5.92 Å². The number of benzene rings is 1. The van der Waals surface area contributed by atoms with Gasteiger partial charge in [0.2, 0.25) is 0 Å². The Hall–Kier alpha value is -1.55. The number of aliphatic carboxylic acids is 1. The molecule has 1 N–H and O–H groups in total. The van der Waals surface area contributed by atoms with Crippen molar-refractivity contribution < 1.29 is 14.6 Å². The summed E-state index contributed by atoms with van der Waals surface area (Å²) in [5, 5.41) is 8.94. The first-order valence-corrected chi connectivity index (χ1v) is 7.56. The third-order valence-electron chi connectivity index (χ3n) is 3.34. The van der Waals surface area contributed by atoms with E-state index < -0.39 is 5.97 Å². The van der Waals surface area contributed by atoms with Crippen LogP contribution in [-0.4, -0.2) is 35.2 Å². The van der Waals surface area contributed by atoms with Crippen molar-refractivity contribution in [2.45, 2.75) is 46.7 Å². The van der Waals surface area contributed by atoms with Gasteiger partial charge in [-0.3, -0.25) is 9.69 Å². The predicted octanol–water partition coefficient (Wildman–Crippen LogP) is 3.41. The van der Waals surface area contributed by atoms with Gasteiger partial charge in [0.15, 0.2) is 0 Å². The summed E-state index contributed by atoms with van der Waals surface area (Å²) in [6, 6.07) is 8.11. The molecule has 0 heterocycles. The van der Waals surface area contributed by atoms with Crippen molar-refractivity contribution in [3.05, 3.63) is 29.8 Å². The molecule has 0 amide bonds. The van der Waals surface area contributed by atoms with Crippen molar-refractivity contribution in [3.8, 4) is 5.75 Å². The molecule has 0 atom stereocenters. The molecule has 1 rings (SSSR count). The largest absolute Gasteiger partial charge is 0.494 e. The van der Waals surface area contributed by atoms with Crippen molar-refractivity contribution in [2.75, 3.05) is 13.2 Å². The van der Waals surface area contributed by atoms with Gasteiger partial charge >= 0.3 is 5.97 Å². The van der Waals surface area contributed by atoms with E-state index in [4.69, 9.17) is 9.84 Å². The summed E-state index contributed by atoms with van der Waals surface area (Å²) >= 11 is 0. The summed E-state index contributed by atoms with van der Waals surface area (Å²) in [7, 11) is 0. The second kappa shape index (κ2) is 8.67. The van der Waals surface area contributed by atoms with Crippen LogP contribution in [0, 0.1) is 5.92 Å². The lowest BCUT2D eigenvalue weighted by Gasteiger charge is -2.24. The summed E-state index contributed by atoms with van der Waals surface area (Å²) in [6.45, 7) is 9.79. The Balaban J connectivity index is 2.54. The van der Waals surface area contributed by atoms with Crippen LogP contribution in [0.15, 0.2) is 24.3 Å². The highest BCUT2D eigenvalue weighted by Crippen LogP contribution is 2.15. The van der Waals surface area contributed by atoms with Crippen LogP contribution in [0.2, 0.25) is 0 Å². The monoisotopic (exact) mass is 293 g/mol. The fourth-order valence-electron chi connectivity index (χ4n) is 1.93. The minimum atomic E-state index is -0.794. The zero-order chi connectivity index (χ0) is 15.8. The molecule has 0 saturated heterocycles. The van der Waals surface area contributed by atoms with Crippen LogP contribution < -0.4 is 4.74 Å². The molecule has 0 bridgehead atoms. The van der Waals surface area contributed by atoms with E-state index in [2.05, 4.69) is 13.8 Å². The lowest BCUT2D eigenvalue weighted by molar-refractivity contribution is -0.138. The van der Waals surface area contributed by atoms with Gasteiger partial charge < -0.3 is 9.84 Å². The molecule has 1 aromatic carbocycles. The molecule has 4 heteroatoms. The third kappa shape index (κ3) is 7.14. The van der Waals surface area contributed by atoms with Gasteiger partial charge in [0.05, 0.1) is 13.2 Å². The average Bonchev–Trinajstić information content (AvgIpc) is 2.39. The smallest absolute Gasteiger partial charge is 0.317 e. The van der Waals surface area contributed by atoms with E-state index in [-0.39, 0.29) is 12.6 Å². The molecule has 0 fully saturated rings. The molecule has 0 radical (unpaired) electrons. The standard InChI is InChI=1S/C17H27NO3/c1-13(2)9-10-21-16-7-5-15(6-8-16)11-18(14(3)4)12-17(19)20/h5-8,13-14H,9-12H2,1-4H3,(H,19,20). The molecule has 0 unspecified atom stereocenters. The first-order chi connectivity index (χ1) is 9.88. The van der Waals surface area contributed by atoms with Gasteiger partial charge in [-0.25, -0.2) is 0 Å². The van der Waals surface area contributed by atoms with E-state index in [1.165, 1.54) is 0 Å². The molecule has 0 aliphatic carbocycles. The van der Waals surface area contributed by atoms with Crippen molar-refractivity contribution in [1.82, 2.24) is 4.90 Å². The number of carbonyl (C=O) groups is 1. The van der Waals surface area contributed by atoms with E-state index in [1.54, 1.807) is 0 Å². The van der Waals surface area contributed by atoms with Gasteiger partial charge in [0.1, 0.15) is 5.75 Å². The second-order valence-electron chi connectivity index (χ2n) is 6.07. The first kappa shape index (κ1) is 17.5. The van der Waals surface area contributed by atoms with E-state index in [9.17, 15) is 4.79 Å². The number of ether oxygens (including phenoxy) is 1. The lowest BCUT2D eigenvalue weighted by Crippen LogP contribution is -2.35. The zero-order valence-corrected chi connectivity index (χ0v) is 13.5. The van der Waals surface area contributed by atoms with E-state index >= 15 is 0 Å². The Bertz CT molecular complexity index is 426. The third-order valence-corrected chi connectivity index (χ3v) is 3.34. The van der Waals surface area contributed by atoms with Crippen LogP contribution in [0.3, 0.4) is 0 Å². The normalized spacial score (nSPS) is 11.4. The van der Waals surface area contributed by atoms with Gasteiger partial charge in [-0.05, 0) is 43.9 Å². The second-order valence-corrected chi connectivity index (χ2v) is 6.07. The molecule has 0 aromatic heterocycles. The van der Waals surface area contributed by atoms with Crippen molar-refractivity contribution in [3.63, 3.8) is 0 Å². The Morgan fingerprint density at radius 3 is 2.29 bits per heavy atom. The Morgan fingerprint density at radius 1 is 1.19 bits per heavy atom. The van der Waals surface area contributed by atoms with Gasteiger partial charge in [-0.1, -0.05) is 26.0 Å². The summed E-state index contributed by atoms with van der Waals surface area (Å²) in [6.07, 6.45) is 1.04. The highest BCUT2D eigenvalue weighted by Gasteiger charge is 2.13. The molecule has 0 saturated carbocycles. The maximum absolute atomic E-state index is 10.9. The lowest BCUT2D eigenvalue weighted by atomic mass is 10.1. The fraction of sp³-hybridized carbons (Fsp3) is 0.588. The number of hydrogen-bond donors (Lipinski definition) is 1. The van der Waals surface area contributed by atoms with Crippen LogP contribution in [0.4, 0.5) is 0 Å². The molecular weight excluding hydrogens is 266 g/mol. The highest BCUT2D eigenvalue weighted by atomic mass is 16.5. The zero-order valence-electron chi connectivity index (χ0n) is 13.5. The summed E-state index contributed by atoms with van der Waals surface area (Å²) in [5.74, 6) is 0.714. The number of hydrogen-bond acceptors (Lipinski definition) is 3. The number of rotatable bonds is 9. The average molecular weight is 293 g/mol. The van der Waals surface area contributed by atoms with Gasteiger partial charge in [-0.15, -0.1) is 0 Å². The Labute approximate surface area is 127 Å². The highest BCUT2D eigenvalue weighted by molar-refractivity contribution is 5.69. The van der Waals surface area contributed by atoms with Crippen LogP contribution in [0.1, 0.15) is 39.7 Å².